The lowest BCUT2D eigenvalue weighted by atomic mass is 10.1. The van der Waals surface area contributed by atoms with Crippen LogP contribution >= 0.6 is 0 Å². The number of carbonyl (C=O) groups excluding carboxylic acids is 2. The number of amides is 2. The maximum Gasteiger partial charge on any atom is 0.262 e. The second kappa shape index (κ2) is 9.21. The molecule has 1 aliphatic rings. The van der Waals surface area contributed by atoms with E-state index in [9.17, 15) is 9.59 Å². The van der Waals surface area contributed by atoms with Gasteiger partial charge in [-0.2, -0.15) is 0 Å². The number of para-hydroxylation sites is 1. The zero-order valence-electron chi connectivity index (χ0n) is 17.0. The van der Waals surface area contributed by atoms with E-state index >= 15 is 0 Å². The summed E-state index contributed by atoms with van der Waals surface area (Å²) in [5.74, 6) is 1.16. The van der Waals surface area contributed by atoms with E-state index in [1.54, 1.807) is 54.4 Å². The monoisotopic (exact) mass is 418 g/mol. The average Bonchev–Trinajstić information content (AvgIpc) is 3.26. The van der Waals surface area contributed by atoms with Crippen molar-refractivity contribution in [3.63, 3.8) is 0 Å². The molecule has 0 bridgehead atoms. The summed E-state index contributed by atoms with van der Waals surface area (Å²) in [5.41, 5.74) is 1.88. The quantitative estimate of drug-likeness (QED) is 0.633. The number of ether oxygens (including phenoxy) is 3. The number of hydrogen-bond donors (Lipinski definition) is 1. The summed E-state index contributed by atoms with van der Waals surface area (Å²) < 4.78 is 16.1. The number of rotatable bonds is 7. The molecule has 7 heteroatoms. The van der Waals surface area contributed by atoms with Crippen LogP contribution in [0.25, 0.3) is 0 Å². The predicted octanol–water partition coefficient (Wildman–Crippen LogP) is 3.71. The van der Waals surface area contributed by atoms with Crippen LogP contribution in [-0.2, 0) is 11.3 Å². The molecular weight excluding hydrogens is 396 g/mol. The third-order valence-corrected chi connectivity index (χ3v) is 4.75. The lowest BCUT2D eigenvalue weighted by Gasteiger charge is -2.19. The maximum absolute atomic E-state index is 13.0. The first-order valence-corrected chi connectivity index (χ1v) is 9.81. The van der Waals surface area contributed by atoms with Crippen molar-refractivity contribution in [3.8, 4) is 17.2 Å². The van der Waals surface area contributed by atoms with Gasteiger partial charge < -0.3 is 24.4 Å². The number of fused-ring (bicyclic) bond motifs is 1. The molecule has 158 valence electrons. The van der Waals surface area contributed by atoms with Gasteiger partial charge in [-0.15, -0.1) is 0 Å². The SMILES string of the molecule is CN(Cc1ccccc1)C(=O)c1ccccc1NC(=O)COc1ccc2c(c1)OCO2. The molecule has 31 heavy (non-hydrogen) atoms. The van der Waals surface area contributed by atoms with Crippen LogP contribution in [0.15, 0.2) is 72.8 Å². The number of benzene rings is 3. The Morgan fingerprint density at radius 2 is 1.71 bits per heavy atom. The molecule has 0 fully saturated rings. The zero-order valence-corrected chi connectivity index (χ0v) is 17.0. The maximum atomic E-state index is 13.0. The third-order valence-electron chi connectivity index (χ3n) is 4.75. The normalized spacial score (nSPS) is 11.6. The number of anilines is 1. The van der Waals surface area contributed by atoms with E-state index in [4.69, 9.17) is 14.2 Å². The summed E-state index contributed by atoms with van der Waals surface area (Å²) in [5, 5.41) is 2.77. The minimum Gasteiger partial charge on any atom is -0.484 e. The molecule has 0 saturated heterocycles. The van der Waals surface area contributed by atoms with Gasteiger partial charge >= 0.3 is 0 Å². The van der Waals surface area contributed by atoms with Crippen molar-refractivity contribution in [1.82, 2.24) is 4.90 Å². The second-order valence-electron chi connectivity index (χ2n) is 7.04. The van der Waals surface area contributed by atoms with Crippen LogP contribution in [0, 0.1) is 0 Å². The van der Waals surface area contributed by atoms with Gasteiger partial charge in [-0.1, -0.05) is 42.5 Å². The molecule has 0 spiro atoms. The molecule has 0 aliphatic carbocycles. The van der Waals surface area contributed by atoms with Gasteiger partial charge in [0.1, 0.15) is 5.75 Å². The van der Waals surface area contributed by atoms with Crippen LogP contribution in [-0.4, -0.2) is 37.2 Å². The van der Waals surface area contributed by atoms with Crippen LogP contribution in [0.2, 0.25) is 0 Å². The number of nitrogens with one attached hydrogen (secondary N) is 1. The average molecular weight is 418 g/mol. The summed E-state index contributed by atoms with van der Waals surface area (Å²) in [6, 6.07) is 21.8. The van der Waals surface area contributed by atoms with Gasteiger partial charge in [0.2, 0.25) is 6.79 Å². The molecule has 1 N–H and O–H groups in total. The molecular formula is C24H22N2O5. The lowest BCUT2D eigenvalue weighted by molar-refractivity contribution is -0.118. The highest BCUT2D eigenvalue weighted by Gasteiger charge is 2.18. The Hall–Kier alpha value is -4.00. The predicted molar refractivity (Wildman–Crippen MR) is 115 cm³/mol. The van der Waals surface area contributed by atoms with Gasteiger partial charge in [-0.3, -0.25) is 9.59 Å². The topological polar surface area (TPSA) is 77.1 Å². The largest absolute Gasteiger partial charge is 0.484 e. The summed E-state index contributed by atoms with van der Waals surface area (Å²) in [7, 11) is 1.73. The molecule has 0 aromatic heterocycles. The Morgan fingerprint density at radius 1 is 0.968 bits per heavy atom. The molecule has 1 aliphatic heterocycles. The fourth-order valence-electron chi connectivity index (χ4n) is 3.22. The Morgan fingerprint density at radius 3 is 2.55 bits per heavy atom. The molecule has 3 aromatic carbocycles. The van der Waals surface area contributed by atoms with E-state index < -0.39 is 0 Å². The van der Waals surface area contributed by atoms with Crippen molar-refractivity contribution < 1.29 is 23.8 Å². The van der Waals surface area contributed by atoms with Crippen molar-refractivity contribution in [1.29, 1.82) is 0 Å². The van der Waals surface area contributed by atoms with Gasteiger partial charge in [0.05, 0.1) is 11.3 Å². The summed E-state index contributed by atoms with van der Waals surface area (Å²) in [6.07, 6.45) is 0. The van der Waals surface area contributed by atoms with E-state index in [2.05, 4.69) is 5.32 Å². The molecule has 4 rings (SSSR count). The summed E-state index contributed by atoms with van der Waals surface area (Å²) >= 11 is 0. The molecule has 0 unspecified atom stereocenters. The Kier molecular flexibility index (Phi) is 6.03. The van der Waals surface area contributed by atoms with E-state index in [0.29, 0.717) is 35.0 Å². The molecule has 7 nitrogen and oxygen atoms in total. The number of nitrogens with zero attached hydrogens (tertiary/aromatic N) is 1. The highest BCUT2D eigenvalue weighted by molar-refractivity contribution is 6.03. The summed E-state index contributed by atoms with van der Waals surface area (Å²) in [4.78, 5) is 27.0. The van der Waals surface area contributed by atoms with E-state index in [0.717, 1.165) is 5.56 Å². The summed E-state index contributed by atoms with van der Waals surface area (Å²) in [6.45, 7) is 0.431. The minimum absolute atomic E-state index is 0.169. The number of carbonyl (C=O) groups is 2. The van der Waals surface area contributed by atoms with Crippen LogP contribution in [0.5, 0.6) is 17.2 Å². The van der Waals surface area contributed by atoms with Crippen LogP contribution in [0.3, 0.4) is 0 Å². The molecule has 0 radical (unpaired) electrons. The molecule has 0 atom stereocenters. The Labute approximate surface area is 180 Å². The first-order chi connectivity index (χ1) is 15.1. The third kappa shape index (κ3) is 4.95. The van der Waals surface area contributed by atoms with E-state index in [1.165, 1.54) is 0 Å². The van der Waals surface area contributed by atoms with Gasteiger partial charge in [0.25, 0.3) is 11.8 Å². The van der Waals surface area contributed by atoms with Crippen molar-refractivity contribution in [2.24, 2.45) is 0 Å². The first-order valence-electron chi connectivity index (χ1n) is 9.81. The molecule has 3 aromatic rings. The van der Waals surface area contributed by atoms with Gasteiger partial charge in [-0.05, 0) is 29.8 Å². The van der Waals surface area contributed by atoms with Gasteiger partial charge in [0.15, 0.2) is 18.1 Å². The standard InChI is InChI=1S/C24H22N2O5/c1-26(14-17-7-3-2-4-8-17)24(28)19-9-5-6-10-20(19)25-23(27)15-29-18-11-12-21-22(13-18)31-16-30-21/h2-13H,14-16H2,1H3,(H,25,27). The van der Waals surface area contributed by atoms with Crippen molar-refractivity contribution >= 4 is 17.5 Å². The lowest BCUT2D eigenvalue weighted by Crippen LogP contribution is -2.28. The highest BCUT2D eigenvalue weighted by atomic mass is 16.7. The molecule has 0 saturated carbocycles. The minimum atomic E-state index is -0.372. The second-order valence-corrected chi connectivity index (χ2v) is 7.04. The van der Waals surface area contributed by atoms with Crippen LogP contribution in [0.1, 0.15) is 15.9 Å². The van der Waals surface area contributed by atoms with Crippen LogP contribution < -0.4 is 19.5 Å². The van der Waals surface area contributed by atoms with E-state index in [1.807, 2.05) is 30.3 Å². The zero-order chi connectivity index (χ0) is 21.6. The molecule has 1 heterocycles. The van der Waals surface area contributed by atoms with Crippen molar-refractivity contribution in [2.75, 3.05) is 25.8 Å². The van der Waals surface area contributed by atoms with E-state index in [-0.39, 0.29) is 25.2 Å². The Bertz CT molecular complexity index is 1080. The fraction of sp³-hybridized carbons (Fsp3) is 0.167. The molecule has 2 amide bonds. The van der Waals surface area contributed by atoms with Crippen molar-refractivity contribution in [2.45, 2.75) is 6.54 Å². The fourth-order valence-corrected chi connectivity index (χ4v) is 3.22. The first kappa shape index (κ1) is 20.3. The smallest absolute Gasteiger partial charge is 0.262 e. The van der Waals surface area contributed by atoms with Gasteiger partial charge in [-0.25, -0.2) is 0 Å². The van der Waals surface area contributed by atoms with Crippen molar-refractivity contribution in [3.05, 3.63) is 83.9 Å². The highest BCUT2D eigenvalue weighted by Crippen LogP contribution is 2.35. The van der Waals surface area contributed by atoms with Gasteiger partial charge in [0, 0.05) is 19.7 Å². The van der Waals surface area contributed by atoms with Crippen LogP contribution in [0.4, 0.5) is 5.69 Å². The Balaban J connectivity index is 1.38. The number of hydrogen-bond acceptors (Lipinski definition) is 5.